The highest BCUT2D eigenvalue weighted by atomic mass is 16.6. The Morgan fingerprint density at radius 1 is 1.04 bits per heavy atom. The molecule has 5 rings (SSSR count). The van der Waals surface area contributed by atoms with Crippen LogP contribution in [0.2, 0.25) is 0 Å². The number of benzene rings is 1. The Labute approximate surface area is 310 Å². The van der Waals surface area contributed by atoms with Gasteiger partial charge >= 0.3 is 24.0 Å². The third kappa shape index (κ3) is 8.10. The zero-order valence-corrected chi connectivity index (χ0v) is 32.1. The summed E-state index contributed by atoms with van der Waals surface area (Å²) in [7, 11) is 3.56. The molecule has 0 aromatic heterocycles. The van der Waals surface area contributed by atoms with Crippen molar-refractivity contribution in [2.75, 3.05) is 27.2 Å². The monoisotopic (exact) mass is 743 g/mol. The molecule has 4 aliphatic rings. The minimum atomic E-state index is -1.28. The normalized spacial score (nSPS) is 25.4. The molecule has 2 aliphatic carbocycles. The van der Waals surface area contributed by atoms with Crippen molar-refractivity contribution in [1.29, 1.82) is 0 Å². The predicted octanol–water partition coefficient (Wildman–Crippen LogP) is 2.97. The van der Waals surface area contributed by atoms with Gasteiger partial charge in [-0.15, -0.1) is 0 Å². The molecule has 1 saturated heterocycles. The van der Waals surface area contributed by atoms with Gasteiger partial charge in [0.25, 0.3) is 0 Å². The summed E-state index contributed by atoms with van der Waals surface area (Å²) in [5.41, 5.74) is -1.69. The Balaban J connectivity index is 1.14. The van der Waals surface area contributed by atoms with Gasteiger partial charge in [-0.1, -0.05) is 6.07 Å². The van der Waals surface area contributed by atoms with E-state index in [2.05, 4.69) is 15.5 Å². The molecule has 1 aromatic rings. The van der Waals surface area contributed by atoms with Gasteiger partial charge in [0.05, 0.1) is 24.5 Å². The van der Waals surface area contributed by atoms with E-state index in [4.69, 9.17) is 28.4 Å². The molecule has 292 valence electrons. The summed E-state index contributed by atoms with van der Waals surface area (Å²) >= 11 is 0. The summed E-state index contributed by atoms with van der Waals surface area (Å²) in [5.74, 6) is -1.44. The second-order valence-electron chi connectivity index (χ2n) is 16.2. The first-order valence-corrected chi connectivity index (χ1v) is 18.1. The standard InChI is InChI=1S/C38H53N3O12/c1-21(49-28(43)15-18-39-27(42)13-11-23(33(45)52-35(2,3)4)40-34(46)53-36(5,6)7)32(44)50-25-14-16-38(47)26-20-22-10-12-24(48-9)30-29(22)37(38,31(25)51-30)17-19-41(26)8/h10,12,14,21,23,26,31,47H,11,13,15-20H2,1-9H3,(H,39,42)(H,40,46)/t21-,23-,26+,31-,37-,38+/m0/s1. The molecule has 53 heavy (non-hydrogen) atoms. The number of carbonyl (C=O) groups excluding carboxylic acids is 5. The number of likely N-dealkylation sites (tertiary alicyclic amines) is 1. The Kier molecular flexibility index (Phi) is 11.1. The molecule has 0 saturated carbocycles. The summed E-state index contributed by atoms with van der Waals surface area (Å²) in [5, 5.41) is 17.4. The molecule has 6 atom stereocenters. The lowest BCUT2D eigenvalue weighted by Gasteiger charge is -2.61. The van der Waals surface area contributed by atoms with E-state index in [9.17, 15) is 29.1 Å². The van der Waals surface area contributed by atoms with Gasteiger partial charge in [0.2, 0.25) is 5.91 Å². The van der Waals surface area contributed by atoms with Crippen LogP contribution in [-0.2, 0) is 50.0 Å². The van der Waals surface area contributed by atoms with E-state index in [0.29, 0.717) is 30.9 Å². The number of piperidine rings is 1. The topological polar surface area (TPSA) is 188 Å². The zero-order valence-electron chi connectivity index (χ0n) is 32.1. The van der Waals surface area contributed by atoms with Crippen molar-refractivity contribution in [3.63, 3.8) is 0 Å². The van der Waals surface area contributed by atoms with Crippen molar-refractivity contribution in [3.05, 3.63) is 35.1 Å². The number of ether oxygens (including phenoxy) is 6. The van der Waals surface area contributed by atoms with E-state index in [1.165, 1.54) is 6.92 Å². The van der Waals surface area contributed by atoms with Gasteiger partial charge in [0.1, 0.15) is 23.0 Å². The molecule has 15 nitrogen and oxygen atoms in total. The quantitative estimate of drug-likeness (QED) is 0.210. The van der Waals surface area contributed by atoms with Crippen LogP contribution >= 0.6 is 0 Å². The lowest BCUT2D eigenvalue weighted by Crippen LogP contribution is -2.74. The number of alkyl carbamates (subject to hydrolysis) is 1. The zero-order chi connectivity index (χ0) is 39.1. The predicted molar refractivity (Wildman–Crippen MR) is 189 cm³/mol. The summed E-state index contributed by atoms with van der Waals surface area (Å²) < 4.78 is 34.0. The number of nitrogens with zero attached hydrogens (tertiary/aromatic N) is 1. The van der Waals surface area contributed by atoms with E-state index in [-0.39, 0.29) is 44.0 Å². The lowest BCUT2D eigenvalue weighted by atomic mass is 9.50. The molecule has 2 amide bonds. The van der Waals surface area contributed by atoms with E-state index < -0.39 is 70.4 Å². The number of likely N-dealkylation sites (N-methyl/N-ethyl adjacent to an activating group) is 1. The molecular formula is C38H53N3O12. The number of esters is 3. The summed E-state index contributed by atoms with van der Waals surface area (Å²) in [6.07, 6.45) is -0.246. The van der Waals surface area contributed by atoms with Gasteiger partial charge in [-0.25, -0.2) is 14.4 Å². The summed E-state index contributed by atoms with van der Waals surface area (Å²) in [4.78, 5) is 65.8. The van der Waals surface area contributed by atoms with E-state index in [1.54, 1.807) is 54.7 Å². The van der Waals surface area contributed by atoms with Gasteiger partial charge in [-0.05, 0) is 99.0 Å². The van der Waals surface area contributed by atoms with Crippen molar-refractivity contribution in [3.8, 4) is 11.5 Å². The van der Waals surface area contributed by atoms with Crippen LogP contribution in [-0.4, -0.2) is 108 Å². The van der Waals surface area contributed by atoms with E-state index in [0.717, 1.165) is 11.1 Å². The number of hydrogen-bond acceptors (Lipinski definition) is 13. The second kappa shape index (κ2) is 14.8. The van der Waals surface area contributed by atoms with Gasteiger partial charge in [-0.3, -0.25) is 9.59 Å². The number of methoxy groups -OCH3 is 1. The first-order valence-electron chi connectivity index (χ1n) is 18.1. The van der Waals surface area contributed by atoms with Crippen LogP contribution in [0.25, 0.3) is 0 Å². The Morgan fingerprint density at radius 3 is 2.40 bits per heavy atom. The van der Waals surface area contributed by atoms with Crippen LogP contribution in [0.5, 0.6) is 11.5 Å². The van der Waals surface area contributed by atoms with Gasteiger partial charge in [0, 0.05) is 31.0 Å². The van der Waals surface area contributed by atoms with Crippen LogP contribution in [0.4, 0.5) is 4.79 Å². The number of nitrogens with one attached hydrogen (secondary N) is 2. The van der Waals surface area contributed by atoms with Crippen molar-refractivity contribution >= 4 is 29.9 Å². The fourth-order valence-electron chi connectivity index (χ4n) is 7.83. The highest BCUT2D eigenvalue weighted by Crippen LogP contribution is 2.65. The Hall–Kier alpha value is -4.37. The third-order valence-electron chi connectivity index (χ3n) is 10.1. The number of hydrogen-bond donors (Lipinski definition) is 3. The van der Waals surface area contributed by atoms with Crippen LogP contribution in [0, 0.1) is 0 Å². The molecule has 2 aliphatic heterocycles. The molecular weight excluding hydrogens is 690 g/mol. The van der Waals surface area contributed by atoms with Crippen molar-refractivity contribution in [1.82, 2.24) is 15.5 Å². The van der Waals surface area contributed by atoms with Crippen LogP contribution in [0.1, 0.15) is 91.7 Å². The first-order chi connectivity index (χ1) is 24.7. The average molecular weight is 744 g/mol. The molecule has 1 aromatic carbocycles. The van der Waals surface area contributed by atoms with Gasteiger partial charge in [-0.2, -0.15) is 0 Å². The Morgan fingerprint density at radius 2 is 1.74 bits per heavy atom. The average Bonchev–Trinajstić information content (AvgIpc) is 3.40. The summed E-state index contributed by atoms with van der Waals surface area (Å²) in [6, 6.07) is 2.55. The fourth-order valence-corrected chi connectivity index (χ4v) is 7.83. The van der Waals surface area contributed by atoms with Crippen molar-refractivity contribution in [2.45, 2.75) is 134 Å². The maximum Gasteiger partial charge on any atom is 0.408 e. The molecule has 0 unspecified atom stereocenters. The van der Waals surface area contributed by atoms with Crippen molar-refractivity contribution < 1.29 is 57.5 Å². The van der Waals surface area contributed by atoms with Crippen LogP contribution in [0.3, 0.4) is 0 Å². The highest BCUT2D eigenvalue weighted by molar-refractivity contribution is 5.84. The number of carbonyl (C=O) groups is 5. The minimum absolute atomic E-state index is 0.0803. The maximum absolute atomic E-state index is 13.3. The minimum Gasteiger partial charge on any atom is -0.493 e. The smallest absolute Gasteiger partial charge is 0.408 e. The molecule has 0 radical (unpaired) electrons. The number of aliphatic hydroxyl groups is 1. The number of amides is 2. The SMILES string of the molecule is COc1ccc2c3c1O[C@H]1C(OC(=O)[C@H](C)OC(=O)CCNC(=O)CC[C@H](NC(=O)OC(C)(C)C)C(=O)OC(C)(C)C)=CC[C@@]4(O)[C@@H](C2)N(C)CC[C@]314. The Bertz CT molecular complexity index is 1660. The van der Waals surface area contributed by atoms with E-state index in [1.807, 2.05) is 19.2 Å². The molecule has 15 heteroatoms. The third-order valence-corrected chi connectivity index (χ3v) is 10.1. The van der Waals surface area contributed by atoms with E-state index >= 15 is 0 Å². The van der Waals surface area contributed by atoms with Crippen LogP contribution < -0.4 is 20.1 Å². The molecule has 2 heterocycles. The molecule has 2 bridgehead atoms. The lowest BCUT2D eigenvalue weighted by molar-refractivity contribution is -0.175. The first kappa shape index (κ1) is 39.8. The second-order valence-corrected chi connectivity index (χ2v) is 16.2. The summed E-state index contributed by atoms with van der Waals surface area (Å²) in [6.45, 7) is 12.1. The van der Waals surface area contributed by atoms with Gasteiger partial charge < -0.3 is 49.1 Å². The molecule has 3 N–H and O–H groups in total. The van der Waals surface area contributed by atoms with Crippen molar-refractivity contribution in [2.24, 2.45) is 0 Å². The van der Waals surface area contributed by atoms with Gasteiger partial charge in [0.15, 0.2) is 23.7 Å². The maximum atomic E-state index is 13.3. The highest BCUT2D eigenvalue weighted by Gasteiger charge is 2.72. The molecule has 1 fully saturated rings. The fraction of sp³-hybridized carbons (Fsp3) is 0.658. The van der Waals surface area contributed by atoms with Crippen LogP contribution in [0.15, 0.2) is 24.0 Å². The number of rotatable bonds is 12. The molecule has 1 spiro atoms. The largest absolute Gasteiger partial charge is 0.493 e.